The van der Waals surface area contributed by atoms with E-state index in [2.05, 4.69) is 30.5 Å². The van der Waals surface area contributed by atoms with Crippen molar-refractivity contribution in [1.29, 1.82) is 0 Å². The highest BCUT2D eigenvalue weighted by molar-refractivity contribution is 5.75. The molecule has 0 aliphatic rings. The Morgan fingerprint density at radius 3 is 2.75 bits per heavy atom. The fourth-order valence-corrected chi connectivity index (χ4v) is 1.91. The minimum atomic E-state index is 0.0556. The second-order valence-corrected chi connectivity index (χ2v) is 5.22. The van der Waals surface area contributed by atoms with Crippen LogP contribution in [-0.4, -0.2) is 25.6 Å². The molecule has 2 N–H and O–H groups in total. The highest BCUT2D eigenvalue weighted by Crippen LogP contribution is 2.23. The molecule has 0 bridgehead atoms. The van der Waals surface area contributed by atoms with Gasteiger partial charge in [0, 0.05) is 31.6 Å². The first-order valence-corrected chi connectivity index (χ1v) is 7.19. The second kappa shape index (κ2) is 8.59. The van der Waals surface area contributed by atoms with E-state index in [1.807, 2.05) is 19.1 Å². The molecule has 1 aromatic rings. The molecule has 0 aromatic heterocycles. The molecule has 0 saturated heterocycles. The van der Waals surface area contributed by atoms with Crippen LogP contribution in [0.25, 0.3) is 0 Å². The molecular formula is C16H26N2O2. The predicted molar refractivity (Wildman–Crippen MR) is 82.0 cm³/mol. The Hall–Kier alpha value is -1.55. The van der Waals surface area contributed by atoms with Gasteiger partial charge in [0.2, 0.25) is 5.91 Å². The summed E-state index contributed by atoms with van der Waals surface area (Å²) in [6.07, 6.45) is 1.23. The van der Waals surface area contributed by atoms with Crippen molar-refractivity contribution in [2.45, 2.75) is 46.2 Å². The zero-order valence-electron chi connectivity index (χ0n) is 13.0. The molecule has 1 aromatic carbocycles. The Bertz CT molecular complexity index is 430. The van der Waals surface area contributed by atoms with Crippen molar-refractivity contribution in [2.24, 2.45) is 0 Å². The van der Waals surface area contributed by atoms with E-state index >= 15 is 0 Å². The topological polar surface area (TPSA) is 50.4 Å². The molecule has 1 amide bonds. The summed E-state index contributed by atoms with van der Waals surface area (Å²) in [4.78, 5) is 11.2. The van der Waals surface area contributed by atoms with E-state index in [0.717, 1.165) is 24.3 Å². The van der Waals surface area contributed by atoms with Crippen LogP contribution in [0.1, 0.15) is 37.8 Å². The van der Waals surface area contributed by atoms with Crippen molar-refractivity contribution in [3.8, 4) is 5.75 Å². The van der Waals surface area contributed by atoms with Crippen LogP contribution in [0.4, 0.5) is 0 Å². The molecule has 0 heterocycles. The standard InChI is InChI=1S/C16H26N2O2/c1-12(2)18-11-14-8-5-7-13(3)16(14)20-10-6-9-15(19)17-4/h5,7-8,12,18H,6,9-11H2,1-4H3,(H,17,19). The largest absolute Gasteiger partial charge is 0.493 e. The number of amides is 1. The summed E-state index contributed by atoms with van der Waals surface area (Å²) in [7, 11) is 1.65. The zero-order chi connectivity index (χ0) is 15.0. The lowest BCUT2D eigenvalue weighted by Gasteiger charge is -2.16. The van der Waals surface area contributed by atoms with Gasteiger partial charge >= 0.3 is 0 Å². The van der Waals surface area contributed by atoms with Gasteiger partial charge in [-0.2, -0.15) is 0 Å². The number of carbonyl (C=O) groups excluding carboxylic acids is 1. The van der Waals surface area contributed by atoms with Crippen LogP contribution in [0.15, 0.2) is 18.2 Å². The highest BCUT2D eigenvalue weighted by atomic mass is 16.5. The smallest absolute Gasteiger partial charge is 0.219 e. The first kappa shape index (κ1) is 16.5. The molecule has 20 heavy (non-hydrogen) atoms. The average molecular weight is 278 g/mol. The second-order valence-electron chi connectivity index (χ2n) is 5.22. The zero-order valence-corrected chi connectivity index (χ0v) is 13.0. The molecule has 112 valence electrons. The van der Waals surface area contributed by atoms with E-state index in [0.29, 0.717) is 19.1 Å². The van der Waals surface area contributed by atoms with Crippen molar-refractivity contribution in [1.82, 2.24) is 10.6 Å². The number of benzene rings is 1. The van der Waals surface area contributed by atoms with E-state index in [-0.39, 0.29) is 5.91 Å². The van der Waals surface area contributed by atoms with Gasteiger partial charge in [0.15, 0.2) is 0 Å². The maximum Gasteiger partial charge on any atom is 0.219 e. The van der Waals surface area contributed by atoms with Crippen molar-refractivity contribution in [2.75, 3.05) is 13.7 Å². The van der Waals surface area contributed by atoms with Gasteiger partial charge in [-0.1, -0.05) is 32.0 Å². The number of para-hydroxylation sites is 1. The Kier molecular flexibility index (Phi) is 7.09. The summed E-state index contributed by atoms with van der Waals surface area (Å²) in [6, 6.07) is 6.62. The third kappa shape index (κ3) is 5.61. The number of rotatable bonds is 8. The number of hydrogen-bond donors (Lipinski definition) is 2. The van der Waals surface area contributed by atoms with Crippen LogP contribution >= 0.6 is 0 Å². The summed E-state index contributed by atoms with van der Waals surface area (Å²) in [6.45, 7) is 7.66. The van der Waals surface area contributed by atoms with Gasteiger partial charge in [-0.05, 0) is 18.9 Å². The molecule has 1 rings (SSSR count). The normalized spacial score (nSPS) is 10.7. The Balaban J connectivity index is 2.56. The number of nitrogens with one attached hydrogen (secondary N) is 2. The summed E-state index contributed by atoms with van der Waals surface area (Å²) in [5.74, 6) is 0.998. The number of aryl methyl sites for hydroxylation is 1. The van der Waals surface area contributed by atoms with Gasteiger partial charge < -0.3 is 15.4 Å². The molecule has 0 radical (unpaired) electrons. The molecule has 0 fully saturated rings. The highest BCUT2D eigenvalue weighted by Gasteiger charge is 2.08. The van der Waals surface area contributed by atoms with Crippen LogP contribution in [0.2, 0.25) is 0 Å². The lowest BCUT2D eigenvalue weighted by molar-refractivity contribution is -0.120. The van der Waals surface area contributed by atoms with Gasteiger partial charge in [0.25, 0.3) is 0 Å². The van der Waals surface area contributed by atoms with E-state index in [1.165, 1.54) is 5.56 Å². The van der Waals surface area contributed by atoms with Crippen molar-refractivity contribution < 1.29 is 9.53 Å². The molecule has 0 atom stereocenters. The lowest BCUT2D eigenvalue weighted by Crippen LogP contribution is -2.22. The summed E-state index contributed by atoms with van der Waals surface area (Å²) in [5, 5.41) is 6.02. The molecule has 4 nitrogen and oxygen atoms in total. The molecule has 0 saturated carbocycles. The lowest BCUT2D eigenvalue weighted by atomic mass is 10.1. The maximum absolute atomic E-state index is 11.2. The van der Waals surface area contributed by atoms with Crippen LogP contribution in [0, 0.1) is 6.92 Å². The van der Waals surface area contributed by atoms with Crippen LogP contribution in [0.5, 0.6) is 5.75 Å². The summed E-state index contributed by atoms with van der Waals surface area (Å²) >= 11 is 0. The van der Waals surface area contributed by atoms with Gasteiger partial charge in [-0.15, -0.1) is 0 Å². The number of ether oxygens (including phenoxy) is 1. The minimum Gasteiger partial charge on any atom is -0.493 e. The van der Waals surface area contributed by atoms with Crippen LogP contribution in [-0.2, 0) is 11.3 Å². The third-order valence-corrected chi connectivity index (χ3v) is 3.07. The van der Waals surface area contributed by atoms with Crippen molar-refractivity contribution in [3.05, 3.63) is 29.3 Å². The Morgan fingerprint density at radius 2 is 2.10 bits per heavy atom. The van der Waals surface area contributed by atoms with Gasteiger partial charge in [0.1, 0.15) is 5.75 Å². The third-order valence-electron chi connectivity index (χ3n) is 3.07. The van der Waals surface area contributed by atoms with E-state index in [4.69, 9.17) is 4.74 Å². The van der Waals surface area contributed by atoms with E-state index in [9.17, 15) is 4.79 Å². The van der Waals surface area contributed by atoms with E-state index < -0.39 is 0 Å². The fourth-order valence-electron chi connectivity index (χ4n) is 1.91. The summed E-state index contributed by atoms with van der Waals surface area (Å²) < 4.78 is 5.88. The van der Waals surface area contributed by atoms with Gasteiger partial charge in [-0.3, -0.25) is 4.79 Å². The molecule has 0 aliphatic carbocycles. The Morgan fingerprint density at radius 1 is 1.35 bits per heavy atom. The average Bonchev–Trinajstić information content (AvgIpc) is 2.42. The number of hydrogen-bond acceptors (Lipinski definition) is 3. The molecular weight excluding hydrogens is 252 g/mol. The fraction of sp³-hybridized carbons (Fsp3) is 0.562. The summed E-state index contributed by atoms with van der Waals surface area (Å²) in [5.41, 5.74) is 2.30. The minimum absolute atomic E-state index is 0.0556. The van der Waals surface area contributed by atoms with E-state index in [1.54, 1.807) is 7.05 Å². The first-order valence-electron chi connectivity index (χ1n) is 7.19. The maximum atomic E-state index is 11.2. The quantitative estimate of drug-likeness (QED) is 0.718. The number of carbonyl (C=O) groups is 1. The first-order chi connectivity index (χ1) is 9.54. The Labute approximate surface area is 121 Å². The van der Waals surface area contributed by atoms with Crippen LogP contribution < -0.4 is 15.4 Å². The van der Waals surface area contributed by atoms with Gasteiger partial charge in [0.05, 0.1) is 6.61 Å². The molecule has 0 unspecified atom stereocenters. The van der Waals surface area contributed by atoms with Gasteiger partial charge in [-0.25, -0.2) is 0 Å². The molecule has 0 aliphatic heterocycles. The molecule has 0 spiro atoms. The van der Waals surface area contributed by atoms with Crippen LogP contribution in [0.3, 0.4) is 0 Å². The monoisotopic (exact) mass is 278 g/mol. The SMILES string of the molecule is CNC(=O)CCCOc1c(C)cccc1CNC(C)C. The molecule has 4 heteroatoms. The van der Waals surface area contributed by atoms with Crippen molar-refractivity contribution in [3.63, 3.8) is 0 Å². The van der Waals surface area contributed by atoms with Crippen molar-refractivity contribution >= 4 is 5.91 Å². The predicted octanol–water partition coefficient (Wildman–Crippen LogP) is 2.40.